The Morgan fingerprint density at radius 2 is 1.97 bits per heavy atom. The summed E-state index contributed by atoms with van der Waals surface area (Å²) in [5, 5.41) is 12.0. The molecule has 0 unspecified atom stereocenters. The fourth-order valence-corrected chi connectivity index (χ4v) is 5.15. The Morgan fingerprint density at radius 1 is 1.24 bits per heavy atom. The first-order chi connectivity index (χ1) is 15.6. The number of nitrogens with one attached hydrogen (secondary N) is 1. The van der Waals surface area contributed by atoms with Crippen LogP contribution in [0, 0.1) is 6.92 Å². The zero-order valence-corrected chi connectivity index (χ0v) is 20.5. The molecule has 1 aliphatic carbocycles. The molecule has 4 rings (SSSR count). The van der Waals surface area contributed by atoms with Crippen LogP contribution < -0.4 is 5.32 Å². The second-order valence-corrected chi connectivity index (χ2v) is 10.6. The second kappa shape index (κ2) is 8.97. The predicted molar refractivity (Wildman–Crippen MR) is 125 cm³/mol. The fraction of sp³-hybridized carbons (Fsp3) is 0.583. The summed E-state index contributed by atoms with van der Waals surface area (Å²) < 4.78 is 7.35. The average Bonchev–Trinajstić information content (AvgIpc) is 3.11. The molecule has 8 nitrogen and oxygen atoms in total. The van der Waals surface area contributed by atoms with Crippen molar-refractivity contribution in [2.75, 3.05) is 6.54 Å². The zero-order chi connectivity index (χ0) is 23.8. The number of amides is 2. The largest absolute Gasteiger partial charge is 0.444 e. The van der Waals surface area contributed by atoms with E-state index in [1.54, 1.807) is 0 Å². The number of rotatable bonds is 4. The molecule has 0 bridgehead atoms. The average molecular weight is 474 g/mol. The maximum absolute atomic E-state index is 12.9. The molecule has 178 valence electrons. The van der Waals surface area contributed by atoms with E-state index in [-0.39, 0.29) is 17.4 Å². The maximum atomic E-state index is 12.9. The molecule has 2 amide bonds. The lowest BCUT2D eigenvalue weighted by molar-refractivity contribution is -0.138. The molecule has 0 atom stereocenters. The Bertz CT molecular complexity index is 1040. The van der Waals surface area contributed by atoms with Crippen molar-refractivity contribution in [3.63, 3.8) is 0 Å². The van der Waals surface area contributed by atoms with Gasteiger partial charge in [-0.2, -0.15) is 0 Å². The minimum atomic E-state index is -0.557. The van der Waals surface area contributed by atoms with Crippen LogP contribution in [-0.2, 0) is 28.0 Å². The molecule has 1 fully saturated rings. The number of halogens is 1. The first-order valence-electron chi connectivity index (χ1n) is 11.5. The van der Waals surface area contributed by atoms with E-state index in [9.17, 15) is 9.59 Å². The van der Waals surface area contributed by atoms with Crippen molar-refractivity contribution in [3.8, 4) is 0 Å². The zero-order valence-electron chi connectivity index (χ0n) is 19.7. The van der Waals surface area contributed by atoms with Gasteiger partial charge in [0.15, 0.2) is 5.82 Å². The number of benzene rings is 1. The Hall–Kier alpha value is -2.61. The number of ether oxygens (including phenoxy) is 1. The Kier molecular flexibility index (Phi) is 6.40. The van der Waals surface area contributed by atoms with Crippen LogP contribution in [0.1, 0.15) is 63.7 Å². The highest BCUT2D eigenvalue weighted by Crippen LogP contribution is 2.42. The Balaban J connectivity index is 1.49. The molecule has 1 N–H and O–H groups in total. The molecular weight excluding hydrogens is 442 g/mol. The molecule has 33 heavy (non-hydrogen) atoms. The van der Waals surface area contributed by atoms with Gasteiger partial charge >= 0.3 is 6.09 Å². The van der Waals surface area contributed by atoms with Crippen molar-refractivity contribution < 1.29 is 14.3 Å². The summed E-state index contributed by atoms with van der Waals surface area (Å²) in [5.41, 5.74) is 0.275. The van der Waals surface area contributed by atoms with Gasteiger partial charge in [-0.25, -0.2) is 4.79 Å². The molecule has 9 heteroatoms. The highest BCUT2D eigenvalue weighted by Gasteiger charge is 2.41. The van der Waals surface area contributed by atoms with Gasteiger partial charge in [-0.1, -0.05) is 23.7 Å². The van der Waals surface area contributed by atoms with Crippen molar-refractivity contribution in [3.05, 3.63) is 46.5 Å². The summed E-state index contributed by atoms with van der Waals surface area (Å²) in [5.74, 6) is 1.72. The number of carbonyl (C=O) groups excluding carboxylic acids is 2. The van der Waals surface area contributed by atoms with Crippen LogP contribution in [0.5, 0.6) is 0 Å². The molecule has 1 aliphatic heterocycles. The summed E-state index contributed by atoms with van der Waals surface area (Å²) in [6, 6.07) is 7.99. The summed E-state index contributed by atoms with van der Waals surface area (Å²) in [4.78, 5) is 27.2. The quantitative estimate of drug-likeness (QED) is 0.725. The fourth-order valence-electron chi connectivity index (χ4n) is 4.96. The third-order valence-electron chi connectivity index (χ3n) is 6.70. The van der Waals surface area contributed by atoms with E-state index < -0.39 is 11.7 Å². The summed E-state index contributed by atoms with van der Waals surface area (Å²) in [6.45, 7) is 8.66. The van der Waals surface area contributed by atoms with Crippen LogP contribution >= 0.6 is 11.6 Å². The first kappa shape index (κ1) is 23.5. The second-order valence-electron chi connectivity index (χ2n) is 10.1. The van der Waals surface area contributed by atoms with E-state index in [0.29, 0.717) is 24.7 Å². The number of fused-ring (bicyclic) bond motifs is 1. The van der Waals surface area contributed by atoms with Gasteiger partial charge in [0.2, 0.25) is 5.91 Å². The van der Waals surface area contributed by atoms with Crippen molar-refractivity contribution in [1.29, 1.82) is 0 Å². The SMILES string of the molecule is Cc1nnc2n1CC(=O)N([C@H]1CC[C@@](CNC(=O)OC(C)(C)C)(c3cccc(Cl)c3)CC1)C2. The molecule has 1 aromatic heterocycles. The van der Waals surface area contributed by atoms with E-state index in [4.69, 9.17) is 16.3 Å². The minimum absolute atomic E-state index is 0.109. The van der Waals surface area contributed by atoms with Crippen LogP contribution in [0.2, 0.25) is 5.02 Å². The number of hydrogen-bond donors (Lipinski definition) is 1. The number of carbonyl (C=O) groups is 2. The third kappa shape index (κ3) is 5.16. The topological polar surface area (TPSA) is 89.4 Å². The highest BCUT2D eigenvalue weighted by atomic mass is 35.5. The van der Waals surface area contributed by atoms with Crippen LogP contribution in [0.15, 0.2) is 24.3 Å². The van der Waals surface area contributed by atoms with Gasteiger partial charge in [0.1, 0.15) is 18.0 Å². The van der Waals surface area contributed by atoms with Gasteiger partial charge in [0.25, 0.3) is 0 Å². The highest BCUT2D eigenvalue weighted by molar-refractivity contribution is 6.30. The van der Waals surface area contributed by atoms with E-state index >= 15 is 0 Å². The Morgan fingerprint density at radius 3 is 2.64 bits per heavy atom. The lowest BCUT2D eigenvalue weighted by Crippen LogP contribution is -2.51. The minimum Gasteiger partial charge on any atom is -0.444 e. The summed E-state index contributed by atoms with van der Waals surface area (Å²) in [6.07, 6.45) is 2.89. The van der Waals surface area contributed by atoms with Gasteiger partial charge in [-0.05, 0) is 71.1 Å². The molecule has 0 radical (unpaired) electrons. The molecule has 0 saturated heterocycles. The molecule has 2 heterocycles. The number of nitrogens with zero attached hydrogens (tertiary/aromatic N) is 4. The lowest BCUT2D eigenvalue weighted by atomic mass is 9.67. The lowest BCUT2D eigenvalue weighted by Gasteiger charge is -2.45. The normalized spacial score (nSPS) is 23.2. The summed E-state index contributed by atoms with van der Waals surface area (Å²) in [7, 11) is 0. The smallest absolute Gasteiger partial charge is 0.407 e. The van der Waals surface area contributed by atoms with Crippen molar-refractivity contribution in [2.45, 2.75) is 83.5 Å². The number of hydrogen-bond acceptors (Lipinski definition) is 5. The van der Waals surface area contributed by atoms with Crippen LogP contribution in [-0.4, -0.2) is 49.9 Å². The third-order valence-corrected chi connectivity index (χ3v) is 6.93. The standard InChI is InChI=1S/C24H32ClN5O3/c1-16-27-28-20-13-30(21(31)14-29(16)20)19-8-10-24(11-9-19,17-6-5-7-18(25)12-17)15-26-22(32)33-23(2,3)4/h5-7,12,19H,8-11,13-15H2,1-4H3,(H,26,32)/t19-,24+. The molecule has 2 aliphatic rings. The summed E-state index contributed by atoms with van der Waals surface area (Å²) >= 11 is 6.32. The van der Waals surface area contributed by atoms with Crippen molar-refractivity contribution >= 4 is 23.6 Å². The van der Waals surface area contributed by atoms with Crippen molar-refractivity contribution in [2.24, 2.45) is 0 Å². The van der Waals surface area contributed by atoms with E-state index in [0.717, 1.165) is 42.9 Å². The van der Waals surface area contributed by atoms with E-state index in [1.807, 2.05) is 55.4 Å². The number of aromatic nitrogens is 3. The maximum Gasteiger partial charge on any atom is 0.407 e. The predicted octanol–water partition coefficient (Wildman–Crippen LogP) is 3.99. The molecule has 2 aromatic rings. The van der Waals surface area contributed by atoms with Gasteiger partial charge in [0, 0.05) is 23.0 Å². The van der Waals surface area contributed by atoms with Crippen molar-refractivity contribution in [1.82, 2.24) is 25.0 Å². The van der Waals surface area contributed by atoms with E-state index in [1.165, 1.54) is 0 Å². The molecule has 1 saturated carbocycles. The monoisotopic (exact) mass is 473 g/mol. The molecular formula is C24H32ClN5O3. The van der Waals surface area contributed by atoms with Gasteiger partial charge in [0.05, 0.1) is 6.54 Å². The van der Waals surface area contributed by atoms with Gasteiger partial charge in [-0.15, -0.1) is 10.2 Å². The van der Waals surface area contributed by atoms with E-state index in [2.05, 4.69) is 21.6 Å². The van der Waals surface area contributed by atoms with Crippen LogP contribution in [0.25, 0.3) is 0 Å². The van der Waals surface area contributed by atoms with Gasteiger partial charge < -0.3 is 19.5 Å². The Labute approximate surface area is 199 Å². The van der Waals surface area contributed by atoms with Crippen LogP contribution in [0.3, 0.4) is 0 Å². The first-order valence-corrected chi connectivity index (χ1v) is 11.9. The van der Waals surface area contributed by atoms with Crippen LogP contribution in [0.4, 0.5) is 4.79 Å². The number of alkyl carbamates (subject to hydrolysis) is 1. The van der Waals surface area contributed by atoms with Gasteiger partial charge in [-0.3, -0.25) is 4.79 Å². The molecule has 1 aromatic carbocycles. The molecule has 0 spiro atoms. The number of aryl methyl sites for hydroxylation is 1.